The first-order chi connectivity index (χ1) is 15.6. The quantitative estimate of drug-likeness (QED) is 0.295. The first kappa shape index (κ1) is 22.8. The van der Waals surface area contributed by atoms with Gasteiger partial charge in [0.2, 0.25) is 5.88 Å². The van der Waals surface area contributed by atoms with Crippen molar-refractivity contribution in [2.45, 2.75) is 25.7 Å². The van der Waals surface area contributed by atoms with Crippen LogP contribution in [0.5, 0.6) is 5.88 Å². The third-order valence-electron chi connectivity index (χ3n) is 4.99. The number of benzene rings is 2. The van der Waals surface area contributed by atoms with Gasteiger partial charge >= 0.3 is 5.97 Å². The van der Waals surface area contributed by atoms with Crippen LogP contribution >= 0.6 is 0 Å². The highest BCUT2D eigenvalue weighted by atomic mass is 16.5. The van der Waals surface area contributed by atoms with Gasteiger partial charge in [-0.2, -0.15) is 0 Å². The second-order valence-electron chi connectivity index (χ2n) is 7.29. The molecule has 0 unspecified atom stereocenters. The Balaban J connectivity index is 1.71. The summed E-state index contributed by atoms with van der Waals surface area (Å²) in [5.41, 5.74) is 2.08. The van der Waals surface area contributed by atoms with Crippen molar-refractivity contribution in [1.82, 2.24) is 4.98 Å². The molecule has 0 atom stereocenters. The maximum atomic E-state index is 13.0. The molecule has 0 aliphatic carbocycles. The maximum absolute atomic E-state index is 13.0. The number of fused-ring (bicyclic) bond motifs is 1. The molecule has 7 heteroatoms. The SMILES string of the molecule is COc1ccc(NC(=O)C(=CCCCCC(=O)O)CNc2cccc3ccccc23)cn1. The van der Waals surface area contributed by atoms with Crippen LogP contribution in [0.4, 0.5) is 11.4 Å². The number of nitrogens with one attached hydrogen (secondary N) is 2. The number of hydrogen-bond acceptors (Lipinski definition) is 5. The molecule has 1 heterocycles. The molecule has 0 saturated carbocycles. The highest BCUT2D eigenvalue weighted by molar-refractivity contribution is 6.04. The Hall–Kier alpha value is -3.87. The summed E-state index contributed by atoms with van der Waals surface area (Å²) in [5.74, 6) is -0.575. The van der Waals surface area contributed by atoms with Gasteiger partial charge in [-0.15, -0.1) is 0 Å². The molecular formula is C25H27N3O4. The lowest BCUT2D eigenvalue weighted by molar-refractivity contribution is -0.137. The molecule has 1 amide bonds. The third kappa shape index (κ3) is 6.57. The molecule has 3 N–H and O–H groups in total. The van der Waals surface area contributed by atoms with Gasteiger partial charge in [-0.05, 0) is 36.8 Å². The molecule has 0 bridgehead atoms. The number of ether oxygens (including phenoxy) is 1. The molecule has 7 nitrogen and oxygen atoms in total. The van der Waals surface area contributed by atoms with Gasteiger partial charge in [-0.25, -0.2) is 4.98 Å². The van der Waals surface area contributed by atoms with Gasteiger partial charge in [0.05, 0.1) is 19.0 Å². The molecule has 32 heavy (non-hydrogen) atoms. The fourth-order valence-corrected chi connectivity index (χ4v) is 3.30. The van der Waals surface area contributed by atoms with Crippen LogP contribution in [-0.2, 0) is 9.59 Å². The summed E-state index contributed by atoms with van der Waals surface area (Å²) >= 11 is 0. The average Bonchev–Trinajstić information content (AvgIpc) is 2.81. The van der Waals surface area contributed by atoms with E-state index in [0.717, 1.165) is 16.5 Å². The Morgan fingerprint density at radius 1 is 1.06 bits per heavy atom. The molecule has 166 valence electrons. The normalized spacial score (nSPS) is 11.2. The van der Waals surface area contributed by atoms with E-state index >= 15 is 0 Å². The van der Waals surface area contributed by atoms with Gasteiger partial charge in [0.15, 0.2) is 0 Å². The number of pyridine rings is 1. The number of rotatable bonds is 11. The minimum absolute atomic E-state index is 0.126. The second kappa shape index (κ2) is 11.5. The van der Waals surface area contributed by atoms with Gasteiger partial charge in [-0.1, -0.05) is 42.5 Å². The number of aromatic nitrogens is 1. The summed E-state index contributed by atoms with van der Waals surface area (Å²) in [7, 11) is 1.53. The minimum atomic E-state index is -0.809. The number of anilines is 2. The molecule has 1 aromatic heterocycles. The number of amides is 1. The van der Waals surface area contributed by atoms with Crippen molar-refractivity contribution < 1.29 is 19.4 Å². The molecule has 0 fully saturated rings. The van der Waals surface area contributed by atoms with Gasteiger partial charge in [0.1, 0.15) is 0 Å². The summed E-state index contributed by atoms with van der Waals surface area (Å²) in [6, 6.07) is 17.5. The lowest BCUT2D eigenvalue weighted by atomic mass is 10.1. The molecule has 2 aromatic carbocycles. The predicted molar refractivity (Wildman–Crippen MR) is 126 cm³/mol. The second-order valence-corrected chi connectivity index (χ2v) is 7.29. The Kier molecular flexibility index (Phi) is 8.20. The molecular weight excluding hydrogens is 406 g/mol. The molecule has 0 spiro atoms. The van der Waals surface area contributed by atoms with E-state index in [1.165, 1.54) is 7.11 Å². The van der Waals surface area contributed by atoms with E-state index in [1.54, 1.807) is 18.3 Å². The number of hydrogen-bond donors (Lipinski definition) is 3. The molecule has 0 aliphatic heterocycles. The smallest absolute Gasteiger partial charge is 0.303 e. The van der Waals surface area contributed by atoms with E-state index in [-0.39, 0.29) is 12.3 Å². The number of methoxy groups -OCH3 is 1. The van der Waals surface area contributed by atoms with Gasteiger partial charge in [-0.3, -0.25) is 9.59 Å². The monoisotopic (exact) mass is 433 g/mol. The zero-order valence-electron chi connectivity index (χ0n) is 18.0. The lowest BCUT2D eigenvalue weighted by Gasteiger charge is -2.13. The van der Waals surface area contributed by atoms with Gasteiger partial charge in [0.25, 0.3) is 5.91 Å². The average molecular weight is 434 g/mol. The van der Waals surface area contributed by atoms with Crippen molar-refractivity contribution in [3.8, 4) is 5.88 Å². The number of carbonyl (C=O) groups excluding carboxylic acids is 1. The lowest BCUT2D eigenvalue weighted by Crippen LogP contribution is -2.20. The summed E-state index contributed by atoms with van der Waals surface area (Å²) in [6.45, 7) is 0.336. The van der Waals surface area contributed by atoms with E-state index in [9.17, 15) is 9.59 Å². The third-order valence-corrected chi connectivity index (χ3v) is 4.99. The molecule has 0 saturated heterocycles. The zero-order valence-corrected chi connectivity index (χ0v) is 18.0. The molecule has 3 rings (SSSR count). The number of carboxylic acids is 1. The van der Waals surface area contributed by atoms with Crippen LogP contribution in [0, 0.1) is 0 Å². The number of carbonyl (C=O) groups is 2. The van der Waals surface area contributed by atoms with Crippen LogP contribution < -0.4 is 15.4 Å². The van der Waals surface area contributed by atoms with Crippen molar-refractivity contribution in [2.24, 2.45) is 0 Å². The highest BCUT2D eigenvalue weighted by Crippen LogP contribution is 2.23. The van der Waals surface area contributed by atoms with Gasteiger partial charge < -0.3 is 20.5 Å². The summed E-state index contributed by atoms with van der Waals surface area (Å²) in [6.07, 6.45) is 5.42. The van der Waals surface area contributed by atoms with Crippen LogP contribution in [0.1, 0.15) is 25.7 Å². The van der Waals surface area contributed by atoms with E-state index in [4.69, 9.17) is 9.84 Å². The summed E-state index contributed by atoms with van der Waals surface area (Å²) in [5, 5.41) is 17.2. The highest BCUT2D eigenvalue weighted by Gasteiger charge is 2.11. The Labute approximate surface area is 187 Å². The van der Waals surface area contributed by atoms with Crippen molar-refractivity contribution in [3.05, 3.63) is 72.4 Å². The summed E-state index contributed by atoms with van der Waals surface area (Å²) in [4.78, 5) is 27.8. The molecule has 0 radical (unpaired) electrons. The standard InChI is InChI=1S/C25H27N3O4/c1-32-23-15-14-20(17-27-23)28-25(31)19(9-3-2-4-13-24(29)30)16-26-22-12-7-10-18-8-5-6-11-21(18)22/h5-12,14-15,17,26H,2-4,13,16H2,1H3,(H,28,31)(H,29,30). The van der Waals surface area contributed by atoms with Crippen LogP contribution in [0.15, 0.2) is 72.4 Å². The maximum Gasteiger partial charge on any atom is 0.303 e. The number of allylic oxidation sites excluding steroid dienone is 1. The van der Waals surface area contributed by atoms with Crippen molar-refractivity contribution in [1.29, 1.82) is 0 Å². The van der Waals surface area contributed by atoms with E-state index in [1.807, 2.05) is 48.5 Å². The Bertz CT molecular complexity index is 1090. The van der Waals surface area contributed by atoms with Crippen molar-refractivity contribution in [2.75, 3.05) is 24.3 Å². The number of nitrogens with zero attached hydrogens (tertiary/aromatic N) is 1. The van der Waals surface area contributed by atoms with Crippen molar-refractivity contribution >= 4 is 34.0 Å². The fourth-order valence-electron chi connectivity index (χ4n) is 3.30. The Morgan fingerprint density at radius 3 is 2.62 bits per heavy atom. The van der Waals surface area contributed by atoms with Crippen LogP contribution in [0.25, 0.3) is 10.8 Å². The van der Waals surface area contributed by atoms with Crippen LogP contribution in [0.2, 0.25) is 0 Å². The number of carboxylic acid groups (broad SMARTS) is 1. The van der Waals surface area contributed by atoms with E-state index in [2.05, 4.69) is 15.6 Å². The molecule has 0 aliphatic rings. The predicted octanol–water partition coefficient (Wildman–Crippen LogP) is 4.87. The van der Waals surface area contributed by atoms with E-state index < -0.39 is 5.97 Å². The Morgan fingerprint density at radius 2 is 1.88 bits per heavy atom. The van der Waals surface area contributed by atoms with Crippen LogP contribution in [0.3, 0.4) is 0 Å². The van der Waals surface area contributed by atoms with Crippen LogP contribution in [-0.4, -0.2) is 35.6 Å². The fraction of sp³-hybridized carbons (Fsp3) is 0.240. The van der Waals surface area contributed by atoms with Gasteiger partial charge in [0, 0.05) is 35.7 Å². The first-order valence-corrected chi connectivity index (χ1v) is 10.5. The molecule has 3 aromatic rings. The first-order valence-electron chi connectivity index (χ1n) is 10.5. The number of unbranched alkanes of at least 4 members (excludes halogenated alkanes) is 2. The minimum Gasteiger partial charge on any atom is -0.481 e. The van der Waals surface area contributed by atoms with E-state index in [0.29, 0.717) is 42.9 Å². The largest absolute Gasteiger partial charge is 0.481 e. The van der Waals surface area contributed by atoms with Crippen molar-refractivity contribution in [3.63, 3.8) is 0 Å². The number of aliphatic carboxylic acids is 1. The summed E-state index contributed by atoms with van der Waals surface area (Å²) < 4.78 is 5.05. The zero-order chi connectivity index (χ0) is 22.8. The topological polar surface area (TPSA) is 101 Å².